The minimum absolute atomic E-state index is 0.0689. The van der Waals surface area contributed by atoms with Gasteiger partial charge in [0.15, 0.2) is 24.4 Å². The molecule has 2 fully saturated rings. The SMILES string of the molecule is CC1(C)OC(=O)C(CC(=O)O)O1.CCCCCCCCCCCCCCO.CCCCCCCCCCCCCCOC(=O)CC(O)C(=O)O.CCCCCCCCCCCCCCOC(=O)CC(OP(=O)(O)O)C(=O)O.CCCCCCCCCCCCCCOC(=O)CC1OC(C)(C)OC1=O.O=C(O)CCO.O=C=O. The van der Waals surface area contributed by atoms with Gasteiger partial charge in [-0.15, -0.1) is 0 Å². The molecule has 4 unspecified atom stereocenters. The second-order valence-corrected chi connectivity index (χ2v) is 30.4. The molecule has 0 aliphatic carbocycles. The molecule has 9 N–H and O–H groups in total. The Morgan fingerprint density at radius 3 is 0.866 bits per heavy atom. The lowest BCUT2D eigenvalue weighted by atomic mass is 10.1. The van der Waals surface area contributed by atoms with Gasteiger partial charge in [0.2, 0.25) is 11.6 Å². The van der Waals surface area contributed by atoms with Gasteiger partial charge in [-0.05, 0) is 25.7 Å². The van der Waals surface area contributed by atoms with E-state index in [0.717, 1.165) is 57.8 Å². The lowest BCUT2D eigenvalue weighted by Crippen LogP contribution is -2.27. The first kappa shape index (κ1) is 115. The number of rotatable bonds is 65. The van der Waals surface area contributed by atoms with Crippen molar-refractivity contribution in [3.05, 3.63) is 0 Å². The normalized spacial score (nSPS) is 14.7. The number of aliphatic hydroxyl groups is 3. The van der Waals surface area contributed by atoms with Crippen molar-refractivity contribution in [2.24, 2.45) is 0 Å². The monoisotopic (exact) mass is 1630 g/mol. The molecular weight excluding hydrogens is 1480 g/mol. The van der Waals surface area contributed by atoms with E-state index in [1.54, 1.807) is 27.7 Å². The fourth-order valence-electron chi connectivity index (χ4n) is 11.3. The number of cyclic esters (lactones) is 2. The van der Waals surface area contributed by atoms with Crippen LogP contribution in [0.25, 0.3) is 0 Å². The van der Waals surface area contributed by atoms with Gasteiger partial charge in [0.25, 0.3) is 0 Å². The van der Waals surface area contributed by atoms with Crippen LogP contribution < -0.4 is 0 Å². The van der Waals surface area contributed by atoms with Gasteiger partial charge in [-0.25, -0.2) is 23.7 Å². The molecule has 0 amide bonds. The fraction of sp³-hybridized carbons (Fsp3) is 0.878. The molecule has 660 valence electrons. The highest BCUT2D eigenvalue weighted by molar-refractivity contribution is 7.46. The highest BCUT2D eigenvalue weighted by atomic mass is 31.2. The summed E-state index contributed by atoms with van der Waals surface area (Å²) in [5.41, 5.74) is 0. The van der Waals surface area contributed by atoms with Crippen molar-refractivity contribution >= 4 is 67.7 Å². The number of esters is 5. The summed E-state index contributed by atoms with van der Waals surface area (Å²) in [6.45, 7) is 16.4. The third-order valence-electron chi connectivity index (χ3n) is 17.4. The van der Waals surface area contributed by atoms with Crippen molar-refractivity contribution in [3.8, 4) is 0 Å². The molecule has 0 radical (unpaired) electrons. The molecule has 29 nitrogen and oxygen atoms in total. The van der Waals surface area contributed by atoms with E-state index >= 15 is 0 Å². The molecule has 112 heavy (non-hydrogen) atoms. The quantitative estimate of drug-likeness (QED) is 0.0118. The van der Waals surface area contributed by atoms with Gasteiger partial charge < -0.3 is 78.7 Å². The lowest BCUT2D eigenvalue weighted by Gasteiger charge is -2.14. The number of hydrogen-bond donors (Lipinski definition) is 9. The van der Waals surface area contributed by atoms with Crippen LogP contribution in [0, 0.1) is 0 Å². The van der Waals surface area contributed by atoms with Crippen LogP contribution in [0.15, 0.2) is 0 Å². The molecule has 4 atom stereocenters. The zero-order valence-electron chi connectivity index (χ0n) is 70.0. The highest BCUT2D eigenvalue weighted by Crippen LogP contribution is 2.38. The molecule has 0 saturated carbocycles. The molecule has 2 aliphatic rings. The Labute approximate surface area is 670 Å². The van der Waals surface area contributed by atoms with Crippen molar-refractivity contribution in [3.63, 3.8) is 0 Å². The number of carbonyl (C=O) groups excluding carboxylic acids is 7. The Balaban J connectivity index is -0.000000423. The van der Waals surface area contributed by atoms with E-state index < -0.39 is 110 Å². The minimum Gasteiger partial charge on any atom is -0.481 e. The molecule has 0 bridgehead atoms. The summed E-state index contributed by atoms with van der Waals surface area (Å²) < 4.78 is 49.8. The van der Waals surface area contributed by atoms with Crippen LogP contribution in [0.2, 0.25) is 0 Å². The molecule has 2 heterocycles. The van der Waals surface area contributed by atoms with Gasteiger partial charge >= 0.3 is 67.7 Å². The van der Waals surface area contributed by atoms with Gasteiger partial charge in [-0.2, -0.15) is 9.59 Å². The maximum absolute atomic E-state index is 11.7. The summed E-state index contributed by atoms with van der Waals surface area (Å²) in [6, 6.07) is 0. The maximum Gasteiger partial charge on any atom is 0.470 e. The number of carbonyl (C=O) groups is 9. The number of aliphatic hydroxyl groups excluding tert-OH is 3. The molecule has 2 rings (SSSR count). The summed E-state index contributed by atoms with van der Waals surface area (Å²) in [7, 11) is -4.98. The van der Waals surface area contributed by atoms with Crippen molar-refractivity contribution in [2.45, 2.75) is 432 Å². The summed E-state index contributed by atoms with van der Waals surface area (Å²) in [6.07, 6.45) is 53.7. The molecular formula is C82H153O29P. The van der Waals surface area contributed by atoms with E-state index in [2.05, 4.69) is 32.2 Å². The average Bonchev–Trinajstić information content (AvgIpc) is 1.70. The zero-order chi connectivity index (χ0) is 85.4. The first-order valence-corrected chi connectivity index (χ1v) is 43.6. The second-order valence-electron chi connectivity index (χ2n) is 29.2. The van der Waals surface area contributed by atoms with Crippen LogP contribution in [0.5, 0.6) is 0 Å². The zero-order valence-corrected chi connectivity index (χ0v) is 70.9. The predicted molar refractivity (Wildman–Crippen MR) is 423 cm³/mol. The number of phosphoric acid groups is 1. The summed E-state index contributed by atoms with van der Waals surface area (Å²) in [4.78, 5) is 131. The number of hydrogen-bond acceptors (Lipinski definition) is 23. The van der Waals surface area contributed by atoms with Gasteiger partial charge in [-0.3, -0.25) is 28.5 Å². The third kappa shape index (κ3) is 90.1. The van der Waals surface area contributed by atoms with Crippen LogP contribution in [-0.2, 0) is 95.0 Å². The second kappa shape index (κ2) is 82.1. The van der Waals surface area contributed by atoms with E-state index in [0.29, 0.717) is 26.2 Å². The van der Waals surface area contributed by atoms with Gasteiger partial charge in [0.05, 0.1) is 58.5 Å². The number of phosphoric ester groups is 1. The Bertz CT molecular complexity index is 2370. The summed E-state index contributed by atoms with van der Waals surface area (Å²) in [5, 5.41) is 58.8. The predicted octanol–water partition coefficient (Wildman–Crippen LogP) is 17.2. The van der Waals surface area contributed by atoms with E-state index in [4.69, 9.17) is 88.3 Å². The van der Waals surface area contributed by atoms with Crippen LogP contribution in [-0.4, -0.2) is 174 Å². The van der Waals surface area contributed by atoms with Crippen molar-refractivity contribution in [1.29, 1.82) is 0 Å². The number of ether oxygens (including phenoxy) is 7. The lowest BCUT2D eigenvalue weighted by molar-refractivity contribution is -0.192. The van der Waals surface area contributed by atoms with Crippen LogP contribution in [0.1, 0.15) is 396 Å². The topological polar surface area (TPSA) is 461 Å². The number of aliphatic carboxylic acids is 4. The molecule has 2 saturated heterocycles. The Morgan fingerprint density at radius 1 is 0.393 bits per heavy atom. The summed E-state index contributed by atoms with van der Waals surface area (Å²) in [5.74, 6) is -9.98. The van der Waals surface area contributed by atoms with Crippen molar-refractivity contribution < 1.29 is 141 Å². The standard InChI is InChI=1S/C21H38O5.C18H35O8P.C18H34O5.C14H30O.C7H10O5.C3H6O3.CO2/c1-4-5-6-7-8-9-10-11-12-13-14-15-16-24-19(22)17-18-20(23)26-21(2,3)25-18;1-2-3-4-5-6-7-8-9-10-11-12-13-14-25-17(19)15-16(18(20)21)26-27(22,23)24;1-2-3-4-5-6-7-8-9-10-11-12-13-14-23-17(20)15-16(19)18(21)22;1-2-3-4-5-6-7-8-9-10-11-12-13-14-15;1-7(2)11-4(3-5(8)9)6(10)12-7;4-2-1-3(5)6;2-1-3/h18H,4-17H2,1-3H3;16H,2-15H2,1H3,(H,20,21)(H2,22,23,24);16,19H,2-15H2,1H3,(H,21,22);15H,2-14H2,1H3;4H,3H2,1-2H3,(H,8,9);4H,1-2H2,(H,5,6);. The number of unbranched alkanes of at least 4 members (excludes halogenated alkanes) is 44. The highest BCUT2D eigenvalue weighted by Gasteiger charge is 2.43. The maximum atomic E-state index is 11.7. The number of carboxylic acid groups (broad SMARTS) is 4. The van der Waals surface area contributed by atoms with Crippen LogP contribution in [0.3, 0.4) is 0 Å². The van der Waals surface area contributed by atoms with Crippen molar-refractivity contribution in [2.75, 3.05) is 33.0 Å². The Morgan fingerprint density at radius 2 is 0.652 bits per heavy atom. The van der Waals surface area contributed by atoms with E-state index in [1.165, 1.54) is 244 Å². The third-order valence-corrected chi connectivity index (χ3v) is 18.0. The molecule has 0 spiro atoms. The summed E-state index contributed by atoms with van der Waals surface area (Å²) >= 11 is 0. The Kier molecular flexibility index (Phi) is 84.3. The smallest absolute Gasteiger partial charge is 0.470 e. The van der Waals surface area contributed by atoms with E-state index in [1.807, 2.05) is 0 Å². The van der Waals surface area contributed by atoms with Crippen molar-refractivity contribution in [1.82, 2.24) is 0 Å². The Hall–Kier alpha value is -5.48. The number of carboxylic acids is 4. The molecule has 0 aromatic heterocycles. The fourth-order valence-corrected chi connectivity index (χ4v) is 11.8. The van der Waals surface area contributed by atoms with Crippen LogP contribution >= 0.6 is 7.82 Å². The molecule has 0 aromatic carbocycles. The van der Waals surface area contributed by atoms with E-state index in [-0.39, 0.29) is 38.6 Å². The first-order chi connectivity index (χ1) is 53.3. The van der Waals surface area contributed by atoms with Gasteiger partial charge in [0.1, 0.15) is 0 Å². The first-order valence-electron chi connectivity index (χ1n) is 42.1. The van der Waals surface area contributed by atoms with Gasteiger partial charge in [0, 0.05) is 34.3 Å². The molecule has 0 aromatic rings. The van der Waals surface area contributed by atoms with Gasteiger partial charge in [-0.1, -0.05) is 310 Å². The molecule has 2 aliphatic heterocycles. The average molecular weight is 1630 g/mol. The largest absolute Gasteiger partial charge is 0.481 e. The van der Waals surface area contributed by atoms with Crippen LogP contribution in [0.4, 0.5) is 0 Å². The minimum atomic E-state index is -4.98. The molecule has 30 heteroatoms. The van der Waals surface area contributed by atoms with E-state index in [9.17, 15) is 47.7 Å².